The van der Waals surface area contributed by atoms with Gasteiger partial charge in [0, 0.05) is 18.7 Å². The number of anilines is 2. The van der Waals surface area contributed by atoms with E-state index < -0.39 is 12.3 Å². The Kier molecular flexibility index (Phi) is 4.63. The molecule has 0 radical (unpaired) electrons. The van der Waals surface area contributed by atoms with Crippen molar-refractivity contribution in [2.75, 3.05) is 17.3 Å². The van der Waals surface area contributed by atoms with Gasteiger partial charge in [0.2, 0.25) is 0 Å². The predicted molar refractivity (Wildman–Crippen MR) is 94.4 cm³/mol. The molecule has 3 rings (SSSR count). The van der Waals surface area contributed by atoms with Crippen LogP contribution in [0.3, 0.4) is 0 Å². The number of benzene rings is 2. The number of nitrogens with one attached hydrogen (secondary N) is 1. The summed E-state index contributed by atoms with van der Waals surface area (Å²) < 4.78 is 40.4. The molecule has 26 heavy (non-hydrogen) atoms. The van der Waals surface area contributed by atoms with Crippen molar-refractivity contribution in [3.05, 3.63) is 59.7 Å². The van der Waals surface area contributed by atoms with Gasteiger partial charge in [-0.3, -0.25) is 4.79 Å². The third-order valence-electron chi connectivity index (χ3n) is 4.18. The van der Waals surface area contributed by atoms with Gasteiger partial charge in [-0.1, -0.05) is 24.3 Å². The van der Waals surface area contributed by atoms with Gasteiger partial charge in [-0.15, -0.1) is 13.2 Å². The number of nitrogens with zero attached hydrogens (tertiary/aromatic N) is 1. The van der Waals surface area contributed by atoms with Crippen LogP contribution in [-0.2, 0) is 0 Å². The zero-order chi connectivity index (χ0) is 18.9. The maximum Gasteiger partial charge on any atom is 0.573 e. The van der Waals surface area contributed by atoms with E-state index in [0.717, 1.165) is 23.4 Å². The summed E-state index contributed by atoms with van der Waals surface area (Å²) in [6.45, 7) is 2.04. The number of para-hydroxylation sites is 1. The topological polar surface area (TPSA) is 41.6 Å². The second-order valence-corrected chi connectivity index (χ2v) is 5.98. The van der Waals surface area contributed by atoms with E-state index in [0.29, 0.717) is 5.69 Å². The zero-order valence-electron chi connectivity index (χ0n) is 14.2. The number of likely N-dealkylation sites (N-methyl/N-ethyl adjacent to an activating group) is 1. The molecule has 2 aromatic carbocycles. The third kappa shape index (κ3) is 3.82. The van der Waals surface area contributed by atoms with E-state index in [1.54, 1.807) is 6.07 Å². The predicted octanol–water partition coefficient (Wildman–Crippen LogP) is 4.69. The summed E-state index contributed by atoms with van der Waals surface area (Å²) in [5.74, 6) is -0.780. The van der Waals surface area contributed by atoms with Crippen molar-refractivity contribution in [2.24, 2.45) is 0 Å². The Bertz CT molecular complexity index is 845. The second kappa shape index (κ2) is 6.74. The number of halogens is 3. The number of hydrogen-bond acceptors (Lipinski definition) is 3. The van der Waals surface area contributed by atoms with Gasteiger partial charge in [0.05, 0.1) is 11.4 Å². The molecule has 0 spiro atoms. The van der Waals surface area contributed by atoms with Gasteiger partial charge in [-0.25, -0.2) is 0 Å². The smallest absolute Gasteiger partial charge is 0.406 e. The van der Waals surface area contributed by atoms with Crippen LogP contribution in [0.1, 0.15) is 22.8 Å². The first-order valence-corrected chi connectivity index (χ1v) is 7.96. The lowest BCUT2D eigenvalue weighted by Crippen LogP contribution is -2.30. The van der Waals surface area contributed by atoms with Gasteiger partial charge < -0.3 is 15.0 Å². The van der Waals surface area contributed by atoms with Crippen LogP contribution < -0.4 is 15.0 Å². The molecule has 1 amide bonds. The molecule has 7 heteroatoms. The van der Waals surface area contributed by atoms with Gasteiger partial charge in [-0.05, 0) is 42.8 Å². The van der Waals surface area contributed by atoms with E-state index in [1.165, 1.54) is 12.1 Å². The Morgan fingerprint density at radius 1 is 1.15 bits per heavy atom. The molecule has 1 atom stereocenters. The fraction of sp³-hybridized carbons (Fsp3) is 0.211. The van der Waals surface area contributed by atoms with Crippen molar-refractivity contribution >= 4 is 23.4 Å². The molecule has 0 saturated carbocycles. The first kappa shape index (κ1) is 17.8. The molecular weight excluding hydrogens is 345 g/mol. The number of ether oxygens (including phenoxy) is 1. The number of carbonyl (C=O) groups is 1. The molecule has 2 aromatic rings. The number of carbonyl (C=O) groups excluding carboxylic acids is 1. The second-order valence-electron chi connectivity index (χ2n) is 5.98. The molecule has 1 aliphatic rings. The molecule has 1 unspecified atom stereocenters. The molecule has 0 aromatic heterocycles. The maximum absolute atomic E-state index is 12.5. The summed E-state index contributed by atoms with van der Waals surface area (Å²) >= 11 is 0. The summed E-state index contributed by atoms with van der Waals surface area (Å²) in [6, 6.07) is 10.6. The first-order valence-electron chi connectivity index (χ1n) is 7.96. The van der Waals surface area contributed by atoms with Crippen LogP contribution in [0, 0.1) is 0 Å². The van der Waals surface area contributed by atoms with Gasteiger partial charge in [0.25, 0.3) is 5.91 Å². The molecule has 0 bridgehead atoms. The van der Waals surface area contributed by atoms with Crippen LogP contribution in [0.4, 0.5) is 24.5 Å². The number of hydrogen-bond donors (Lipinski definition) is 1. The van der Waals surface area contributed by atoms with Crippen molar-refractivity contribution in [2.45, 2.75) is 19.3 Å². The number of fused-ring (bicyclic) bond motifs is 1. The quantitative estimate of drug-likeness (QED) is 0.861. The van der Waals surface area contributed by atoms with Crippen LogP contribution >= 0.6 is 0 Å². The van der Waals surface area contributed by atoms with E-state index in [-0.39, 0.29) is 17.4 Å². The Hall–Kier alpha value is -2.96. The van der Waals surface area contributed by atoms with Crippen LogP contribution in [0.15, 0.2) is 48.5 Å². The lowest BCUT2D eigenvalue weighted by Gasteiger charge is -2.31. The molecule has 1 aliphatic heterocycles. The van der Waals surface area contributed by atoms with Crippen molar-refractivity contribution in [3.63, 3.8) is 0 Å². The first-order chi connectivity index (χ1) is 12.2. The molecule has 0 fully saturated rings. The number of rotatable bonds is 3. The monoisotopic (exact) mass is 362 g/mol. The summed E-state index contributed by atoms with van der Waals surface area (Å²) in [5, 5.41) is 2.83. The van der Waals surface area contributed by atoms with Crippen LogP contribution in [0.5, 0.6) is 5.75 Å². The highest BCUT2D eigenvalue weighted by molar-refractivity contribution is 6.06. The summed E-state index contributed by atoms with van der Waals surface area (Å²) in [6.07, 6.45) is -0.700. The minimum Gasteiger partial charge on any atom is -0.406 e. The Morgan fingerprint density at radius 2 is 1.85 bits per heavy atom. The standard InChI is InChI=1S/C19H17F3N2O2/c1-12-6-7-13-4-3-5-16(17(13)24(12)2)23-18(25)14-8-10-15(11-9-14)26-19(20,21)22/h3-12H,1-2H3,(H,23,25). The van der Waals surface area contributed by atoms with Gasteiger partial charge in [-0.2, -0.15) is 0 Å². The van der Waals surface area contributed by atoms with Gasteiger partial charge >= 0.3 is 6.36 Å². The average molecular weight is 362 g/mol. The fourth-order valence-electron chi connectivity index (χ4n) is 2.77. The Labute approximate surface area is 148 Å². The highest BCUT2D eigenvalue weighted by atomic mass is 19.4. The third-order valence-corrected chi connectivity index (χ3v) is 4.18. The van der Waals surface area contributed by atoms with Crippen molar-refractivity contribution in [3.8, 4) is 5.75 Å². The normalized spacial score (nSPS) is 16.2. The summed E-state index contributed by atoms with van der Waals surface area (Å²) in [4.78, 5) is 14.5. The summed E-state index contributed by atoms with van der Waals surface area (Å²) in [7, 11) is 1.94. The molecule has 0 aliphatic carbocycles. The zero-order valence-corrected chi connectivity index (χ0v) is 14.2. The van der Waals surface area contributed by atoms with Crippen molar-refractivity contribution < 1.29 is 22.7 Å². The molecule has 136 valence electrons. The van der Waals surface area contributed by atoms with Crippen LogP contribution in [0.25, 0.3) is 6.08 Å². The lowest BCUT2D eigenvalue weighted by molar-refractivity contribution is -0.274. The molecule has 4 nitrogen and oxygen atoms in total. The average Bonchev–Trinajstić information content (AvgIpc) is 2.57. The SMILES string of the molecule is CC1C=Cc2cccc(NC(=O)c3ccc(OC(F)(F)F)cc3)c2N1C. The van der Waals surface area contributed by atoms with Crippen LogP contribution in [-0.4, -0.2) is 25.4 Å². The van der Waals surface area contributed by atoms with Gasteiger partial charge in [0.15, 0.2) is 0 Å². The highest BCUT2D eigenvalue weighted by Gasteiger charge is 2.31. The van der Waals surface area contributed by atoms with Crippen LogP contribution in [0.2, 0.25) is 0 Å². The maximum atomic E-state index is 12.5. The number of amides is 1. The molecule has 1 N–H and O–H groups in total. The van der Waals surface area contributed by atoms with E-state index in [2.05, 4.69) is 16.1 Å². The highest BCUT2D eigenvalue weighted by Crippen LogP contribution is 2.35. The largest absolute Gasteiger partial charge is 0.573 e. The Balaban J connectivity index is 1.80. The molecule has 0 saturated heterocycles. The van der Waals surface area contributed by atoms with Crippen molar-refractivity contribution in [1.29, 1.82) is 0 Å². The molecular formula is C19H17F3N2O2. The Morgan fingerprint density at radius 3 is 2.50 bits per heavy atom. The van der Waals surface area contributed by atoms with E-state index >= 15 is 0 Å². The van der Waals surface area contributed by atoms with E-state index in [4.69, 9.17) is 0 Å². The van der Waals surface area contributed by atoms with E-state index in [1.807, 2.05) is 37.1 Å². The van der Waals surface area contributed by atoms with E-state index in [9.17, 15) is 18.0 Å². The fourth-order valence-corrected chi connectivity index (χ4v) is 2.77. The number of alkyl halides is 3. The summed E-state index contributed by atoms with van der Waals surface area (Å²) in [5.41, 5.74) is 2.76. The minimum atomic E-state index is -4.76. The minimum absolute atomic E-state index is 0.180. The van der Waals surface area contributed by atoms with Crippen molar-refractivity contribution in [1.82, 2.24) is 0 Å². The molecule has 1 heterocycles. The lowest BCUT2D eigenvalue weighted by atomic mass is 10.0. The van der Waals surface area contributed by atoms with Gasteiger partial charge in [0.1, 0.15) is 5.75 Å².